The van der Waals surface area contributed by atoms with Crippen LogP contribution in [-0.2, 0) is 0 Å². The summed E-state index contributed by atoms with van der Waals surface area (Å²) in [6.45, 7) is 2.84. The fraction of sp³-hybridized carbons (Fsp3) is 0.538. The number of aromatic nitrogens is 1. The lowest BCUT2D eigenvalue weighted by atomic mass is 9.96. The maximum absolute atomic E-state index is 8.89. The van der Waals surface area contributed by atoms with Crippen LogP contribution >= 0.6 is 0 Å². The zero-order chi connectivity index (χ0) is 12.3. The number of piperidine rings is 1. The predicted molar refractivity (Wildman–Crippen MR) is 67.6 cm³/mol. The Balaban J connectivity index is 2.31. The van der Waals surface area contributed by atoms with Crippen molar-refractivity contribution in [3.63, 3.8) is 0 Å². The lowest BCUT2D eigenvalue weighted by Crippen LogP contribution is -2.49. The third-order valence-electron chi connectivity index (χ3n) is 3.41. The number of anilines is 1. The molecule has 1 aliphatic heterocycles. The van der Waals surface area contributed by atoms with Gasteiger partial charge in [0.15, 0.2) is 0 Å². The van der Waals surface area contributed by atoms with E-state index in [0.29, 0.717) is 24.3 Å². The molecule has 1 aromatic rings. The SMILES string of the molecule is CC1CCCC(CN)N1c1cccc(C#N)n1. The molecule has 1 fully saturated rings. The first-order valence-electron chi connectivity index (χ1n) is 6.12. The van der Waals surface area contributed by atoms with Crippen molar-refractivity contribution in [1.29, 1.82) is 5.26 Å². The van der Waals surface area contributed by atoms with Crippen molar-refractivity contribution in [2.24, 2.45) is 5.73 Å². The third-order valence-corrected chi connectivity index (χ3v) is 3.41. The Morgan fingerprint density at radius 1 is 1.53 bits per heavy atom. The van der Waals surface area contributed by atoms with E-state index < -0.39 is 0 Å². The van der Waals surface area contributed by atoms with Gasteiger partial charge >= 0.3 is 0 Å². The second kappa shape index (κ2) is 5.15. The Morgan fingerprint density at radius 3 is 3.06 bits per heavy atom. The number of nitrogens with two attached hydrogens (primary N) is 1. The number of hydrogen-bond donors (Lipinski definition) is 1. The zero-order valence-corrected chi connectivity index (χ0v) is 10.1. The first-order valence-corrected chi connectivity index (χ1v) is 6.12. The first kappa shape index (κ1) is 11.9. The van der Waals surface area contributed by atoms with Gasteiger partial charge in [-0.1, -0.05) is 6.07 Å². The molecule has 0 amide bonds. The Kier molecular flexibility index (Phi) is 3.60. The summed E-state index contributed by atoms with van der Waals surface area (Å²) in [6, 6.07) is 8.46. The number of rotatable bonds is 2. The Bertz CT molecular complexity index is 424. The lowest BCUT2D eigenvalue weighted by molar-refractivity contribution is 0.398. The zero-order valence-electron chi connectivity index (χ0n) is 10.1. The van der Waals surface area contributed by atoms with E-state index in [1.165, 1.54) is 6.42 Å². The largest absolute Gasteiger partial charge is 0.350 e. The van der Waals surface area contributed by atoms with E-state index in [4.69, 9.17) is 11.0 Å². The van der Waals surface area contributed by atoms with E-state index in [1.807, 2.05) is 12.1 Å². The molecule has 0 radical (unpaired) electrons. The Labute approximate surface area is 102 Å². The number of nitriles is 1. The summed E-state index contributed by atoms with van der Waals surface area (Å²) in [7, 11) is 0. The van der Waals surface area contributed by atoms with Gasteiger partial charge in [-0.2, -0.15) is 5.26 Å². The summed E-state index contributed by atoms with van der Waals surface area (Å²) in [4.78, 5) is 6.64. The molecule has 2 rings (SSSR count). The van der Waals surface area contributed by atoms with Gasteiger partial charge in [-0.25, -0.2) is 4.98 Å². The van der Waals surface area contributed by atoms with E-state index >= 15 is 0 Å². The average molecular weight is 230 g/mol. The molecular weight excluding hydrogens is 212 g/mol. The van der Waals surface area contributed by atoms with Gasteiger partial charge in [0.1, 0.15) is 17.6 Å². The van der Waals surface area contributed by atoms with Gasteiger partial charge in [-0.15, -0.1) is 0 Å². The lowest BCUT2D eigenvalue weighted by Gasteiger charge is -2.41. The molecule has 4 heteroatoms. The molecule has 4 nitrogen and oxygen atoms in total. The smallest absolute Gasteiger partial charge is 0.142 e. The fourth-order valence-electron chi connectivity index (χ4n) is 2.56. The van der Waals surface area contributed by atoms with Crippen molar-refractivity contribution >= 4 is 5.82 Å². The standard InChI is InChI=1S/C13H18N4/c1-10-4-2-6-12(9-15)17(10)13-7-3-5-11(8-14)16-13/h3,5,7,10,12H,2,4,6,9,15H2,1H3. The molecule has 2 atom stereocenters. The van der Waals surface area contributed by atoms with Crippen molar-refractivity contribution in [3.05, 3.63) is 23.9 Å². The fourth-order valence-corrected chi connectivity index (χ4v) is 2.56. The molecule has 2 N–H and O–H groups in total. The predicted octanol–water partition coefficient (Wildman–Crippen LogP) is 1.66. The molecule has 0 saturated carbocycles. The molecule has 17 heavy (non-hydrogen) atoms. The summed E-state index contributed by atoms with van der Waals surface area (Å²) in [6.07, 6.45) is 3.49. The maximum Gasteiger partial charge on any atom is 0.142 e. The van der Waals surface area contributed by atoms with Gasteiger partial charge in [0.25, 0.3) is 0 Å². The second-order valence-electron chi connectivity index (χ2n) is 4.57. The maximum atomic E-state index is 8.89. The van der Waals surface area contributed by atoms with Gasteiger partial charge in [0.2, 0.25) is 0 Å². The topological polar surface area (TPSA) is 65.9 Å². The highest BCUT2D eigenvalue weighted by Gasteiger charge is 2.27. The van der Waals surface area contributed by atoms with Crippen molar-refractivity contribution < 1.29 is 0 Å². The molecule has 0 spiro atoms. The highest BCUT2D eigenvalue weighted by molar-refractivity contribution is 5.44. The minimum atomic E-state index is 0.347. The van der Waals surface area contributed by atoms with Crippen LogP contribution in [0.5, 0.6) is 0 Å². The van der Waals surface area contributed by atoms with Crippen LogP contribution in [-0.4, -0.2) is 23.6 Å². The summed E-state index contributed by atoms with van der Waals surface area (Å²) in [5, 5.41) is 8.89. The van der Waals surface area contributed by atoms with E-state index in [0.717, 1.165) is 18.7 Å². The molecule has 1 aliphatic rings. The van der Waals surface area contributed by atoms with Crippen molar-refractivity contribution in [3.8, 4) is 6.07 Å². The second-order valence-corrected chi connectivity index (χ2v) is 4.57. The summed E-state index contributed by atoms with van der Waals surface area (Å²) < 4.78 is 0. The van der Waals surface area contributed by atoms with Crippen molar-refractivity contribution in [2.45, 2.75) is 38.3 Å². The van der Waals surface area contributed by atoms with Crippen LogP contribution in [0.15, 0.2) is 18.2 Å². The quantitative estimate of drug-likeness (QED) is 0.839. The van der Waals surface area contributed by atoms with Crippen LogP contribution < -0.4 is 10.6 Å². The van der Waals surface area contributed by atoms with E-state index in [1.54, 1.807) is 6.07 Å². The van der Waals surface area contributed by atoms with E-state index in [-0.39, 0.29) is 0 Å². The monoisotopic (exact) mass is 230 g/mol. The summed E-state index contributed by atoms with van der Waals surface area (Å²) >= 11 is 0. The van der Waals surface area contributed by atoms with Crippen molar-refractivity contribution in [2.75, 3.05) is 11.4 Å². The highest BCUT2D eigenvalue weighted by Crippen LogP contribution is 2.27. The van der Waals surface area contributed by atoms with Gasteiger partial charge in [0.05, 0.1) is 0 Å². The Hall–Kier alpha value is -1.60. The molecule has 0 aliphatic carbocycles. The minimum Gasteiger partial charge on any atom is -0.350 e. The van der Waals surface area contributed by atoms with Crippen molar-refractivity contribution in [1.82, 2.24) is 4.98 Å². The van der Waals surface area contributed by atoms with Crippen LogP contribution in [0.3, 0.4) is 0 Å². The van der Waals surface area contributed by atoms with Crippen LogP contribution in [0.25, 0.3) is 0 Å². The molecule has 90 valence electrons. The van der Waals surface area contributed by atoms with E-state index in [9.17, 15) is 0 Å². The normalized spacial score (nSPS) is 24.4. The van der Waals surface area contributed by atoms with Gasteiger partial charge in [-0.3, -0.25) is 0 Å². The molecule has 0 bridgehead atoms. The number of nitrogens with zero attached hydrogens (tertiary/aromatic N) is 3. The first-order chi connectivity index (χ1) is 8.26. The van der Waals surface area contributed by atoms with E-state index in [2.05, 4.69) is 22.9 Å². The minimum absolute atomic E-state index is 0.347. The molecule has 1 aromatic heterocycles. The van der Waals surface area contributed by atoms with Gasteiger partial charge < -0.3 is 10.6 Å². The number of pyridine rings is 1. The molecule has 1 saturated heterocycles. The highest BCUT2D eigenvalue weighted by atomic mass is 15.2. The third kappa shape index (κ3) is 2.40. The molecule has 2 unspecified atom stereocenters. The summed E-state index contributed by atoms with van der Waals surface area (Å²) in [5.41, 5.74) is 6.30. The van der Waals surface area contributed by atoms with Crippen LogP contribution in [0.4, 0.5) is 5.82 Å². The molecular formula is C13H18N4. The Morgan fingerprint density at radius 2 is 2.35 bits per heavy atom. The molecule has 2 heterocycles. The number of hydrogen-bond acceptors (Lipinski definition) is 4. The van der Waals surface area contributed by atoms with Crippen LogP contribution in [0, 0.1) is 11.3 Å². The average Bonchev–Trinajstić information content (AvgIpc) is 2.38. The van der Waals surface area contributed by atoms with Gasteiger partial charge in [0, 0.05) is 18.6 Å². The van der Waals surface area contributed by atoms with Crippen LogP contribution in [0.2, 0.25) is 0 Å². The summed E-state index contributed by atoms with van der Waals surface area (Å²) in [5.74, 6) is 0.881. The van der Waals surface area contributed by atoms with Crippen LogP contribution in [0.1, 0.15) is 31.9 Å². The van der Waals surface area contributed by atoms with Gasteiger partial charge in [-0.05, 0) is 38.3 Å². The molecule has 0 aromatic carbocycles.